The Morgan fingerprint density at radius 2 is 1.89 bits per heavy atom. The van der Waals surface area contributed by atoms with E-state index < -0.39 is 5.82 Å². The second kappa shape index (κ2) is 6.88. The number of nitrogens with one attached hydrogen (secondary N) is 1. The monoisotopic (exact) mass is 401 g/mol. The minimum Gasteiger partial charge on any atom is -0.353 e. The molecular weight excluding hydrogens is 381 g/mol. The van der Waals surface area contributed by atoms with Gasteiger partial charge < -0.3 is 15.1 Å². The van der Waals surface area contributed by atoms with E-state index in [0.29, 0.717) is 43.2 Å². The van der Waals surface area contributed by atoms with Gasteiger partial charge in [0.2, 0.25) is 5.28 Å². The molecule has 1 aromatic carbocycles. The van der Waals surface area contributed by atoms with Crippen LogP contribution in [0.4, 0.5) is 15.0 Å². The first kappa shape index (κ1) is 17.7. The van der Waals surface area contributed by atoms with Crippen molar-refractivity contribution < 1.29 is 9.18 Å². The third kappa shape index (κ3) is 3.17. The van der Waals surface area contributed by atoms with Gasteiger partial charge in [-0.25, -0.2) is 14.2 Å². The van der Waals surface area contributed by atoms with Gasteiger partial charge in [-0.3, -0.25) is 0 Å². The van der Waals surface area contributed by atoms with Crippen molar-refractivity contribution in [1.29, 1.82) is 0 Å². The molecule has 2 fully saturated rings. The van der Waals surface area contributed by atoms with Crippen LogP contribution in [-0.4, -0.2) is 40.5 Å². The summed E-state index contributed by atoms with van der Waals surface area (Å²) in [5.41, 5.74) is 2.46. The first-order chi connectivity index (χ1) is 13.6. The summed E-state index contributed by atoms with van der Waals surface area (Å²) < 4.78 is 13.9. The van der Waals surface area contributed by atoms with E-state index in [4.69, 9.17) is 11.6 Å². The Morgan fingerprint density at radius 3 is 2.57 bits per heavy atom. The number of carbonyl (C=O) groups is 1. The molecule has 0 spiro atoms. The van der Waals surface area contributed by atoms with Gasteiger partial charge in [0.05, 0.1) is 6.20 Å². The van der Waals surface area contributed by atoms with Gasteiger partial charge in [0.25, 0.3) is 0 Å². The fraction of sp³-hybridized carbons (Fsp3) is 0.450. The summed E-state index contributed by atoms with van der Waals surface area (Å²) in [4.78, 5) is 23.9. The predicted octanol–water partition coefficient (Wildman–Crippen LogP) is 3.07. The molecule has 1 aliphatic carbocycles. The number of piperidine rings is 1. The number of amides is 2. The maximum absolute atomic E-state index is 13.9. The number of benzene rings is 1. The van der Waals surface area contributed by atoms with Crippen LogP contribution in [0.15, 0.2) is 30.5 Å². The fourth-order valence-corrected chi connectivity index (χ4v) is 4.87. The highest BCUT2D eigenvalue weighted by atomic mass is 35.5. The Hall–Kier alpha value is -2.41. The highest BCUT2D eigenvalue weighted by molar-refractivity contribution is 6.28. The van der Waals surface area contributed by atoms with Crippen molar-refractivity contribution in [1.82, 2.24) is 20.2 Å². The molecular formula is C20H21ClFN5O. The van der Waals surface area contributed by atoms with Gasteiger partial charge in [-0.1, -0.05) is 24.3 Å². The Kier molecular flexibility index (Phi) is 4.34. The molecule has 2 aromatic rings. The molecule has 1 saturated carbocycles. The summed E-state index contributed by atoms with van der Waals surface area (Å²) in [6.45, 7) is 3.61. The largest absolute Gasteiger partial charge is 0.353 e. The van der Waals surface area contributed by atoms with Crippen LogP contribution < -0.4 is 10.2 Å². The zero-order valence-corrected chi connectivity index (χ0v) is 16.1. The zero-order chi connectivity index (χ0) is 19.3. The van der Waals surface area contributed by atoms with E-state index in [2.05, 4.69) is 27.4 Å². The number of rotatable bonds is 4. The van der Waals surface area contributed by atoms with Gasteiger partial charge in [0.15, 0.2) is 11.6 Å². The number of fused-ring (bicyclic) bond motifs is 2. The van der Waals surface area contributed by atoms with Crippen molar-refractivity contribution in [2.24, 2.45) is 17.8 Å². The Balaban J connectivity index is 1.07. The molecule has 5 rings (SSSR count). The van der Waals surface area contributed by atoms with Crippen molar-refractivity contribution in [3.8, 4) is 0 Å². The fourth-order valence-electron chi connectivity index (χ4n) is 4.74. The van der Waals surface area contributed by atoms with E-state index in [1.54, 1.807) is 0 Å². The average molecular weight is 402 g/mol. The molecule has 8 heteroatoms. The lowest BCUT2D eigenvalue weighted by molar-refractivity contribution is 0.198. The lowest BCUT2D eigenvalue weighted by Gasteiger charge is -2.21. The normalized spacial score (nSPS) is 24.9. The van der Waals surface area contributed by atoms with Crippen LogP contribution in [0.5, 0.6) is 0 Å². The molecule has 28 heavy (non-hydrogen) atoms. The van der Waals surface area contributed by atoms with Crippen LogP contribution in [0.25, 0.3) is 0 Å². The number of hydrogen-bond donors (Lipinski definition) is 1. The SMILES string of the molecule is O=C(NCCC1C2CN(c3nc(Cl)ncc3F)CC12)N1Cc2ccccc2C1. The maximum Gasteiger partial charge on any atom is 0.318 e. The van der Waals surface area contributed by atoms with Crippen molar-refractivity contribution in [2.45, 2.75) is 19.5 Å². The van der Waals surface area contributed by atoms with Gasteiger partial charge >= 0.3 is 6.03 Å². The Bertz CT molecular complexity index is 888. The number of urea groups is 1. The summed E-state index contributed by atoms with van der Waals surface area (Å²) in [6, 6.07) is 8.18. The van der Waals surface area contributed by atoms with Gasteiger partial charge in [-0.15, -0.1) is 0 Å². The summed E-state index contributed by atoms with van der Waals surface area (Å²) in [5.74, 6) is 1.55. The van der Waals surface area contributed by atoms with Crippen LogP contribution in [0.3, 0.4) is 0 Å². The quantitative estimate of drug-likeness (QED) is 0.800. The van der Waals surface area contributed by atoms with Crippen molar-refractivity contribution in [2.75, 3.05) is 24.5 Å². The second-order valence-corrected chi connectivity index (χ2v) is 8.19. The third-order valence-corrected chi connectivity index (χ3v) is 6.43. The van der Waals surface area contributed by atoms with E-state index in [1.807, 2.05) is 21.9 Å². The molecule has 6 nitrogen and oxygen atoms in total. The molecule has 1 saturated heterocycles. The van der Waals surface area contributed by atoms with Gasteiger partial charge in [0.1, 0.15) is 0 Å². The first-order valence-corrected chi connectivity index (χ1v) is 10.0. The van der Waals surface area contributed by atoms with E-state index >= 15 is 0 Å². The van der Waals surface area contributed by atoms with E-state index in [1.165, 1.54) is 11.1 Å². The Morgan fingerprint density at radius 1 is 1.21 bits per heavy atom. The standard InChI is InChI=1S/C20H21ClFN5O/c21-19-24-7-17(22)18(25-19)26-10-15-14(16(15)11-26)5-6-23-20(28)27-8-12-3-1-2-4-13(12)9-27/h1-4,7,14-16H,5-6,8-11H2,(H,23,28). The summed E-state index contributed by atoms with van der Waals surface area (Å²) in [7, 11) is 0. The van der Waals surface area contributed by atoms with Gasteiger partial charge in [-0.2, -0.15) is 4.98 Å². The molecule has 2 unspecified atom stereocenters. The molecule has 3 aliphatic rings. The van der Waals surface area contributed by atoms with E-state index in [9.17, 15) is 9.18 Å². The minimum absolute atomic E-state index is 0.00124. The second-order valence-electron chi connectivity index (χ2n) is 7.85. The summed E-state index contributed by atoms with van der Waals surface area (Å²) >= 11 is 5.79. The molecule has 2 atom stereocenters. The number of carbonyl (C=O) groups excluding carboxylic acids is 1. The molecule has 0 radical (unpaired) electrons. The van der Waals surface area contributed by atoms with Gasteiger partial charge in [0, 0.05) is 32.7 Å². The van der Waals surface area contributed by atoms with Crippen molar-refractivity contribution >= 4 is 23.4 Å². The van der Waals surface area contributed by atoms with E-state index in [0.717, 1.165) is 25.7 Å². The smallest absolute Gasteiger partial charge is 0.318 e. The number of hydrogen-bond acceptors (Lipinski definition) is 4. The molecule has 2 amide bonds. The highest BCUT2D eigenvalue weighted by Crippen LogP contribution is 2.54. The van der Waals surface area contributed by atoms with Gasteiger partial charge in [-0.05, 0) is 46.9 Å². The summed E-state index contributed by atoms with van der Waals surface area (Å²) in [6.07, 6.45) is 2.08. The van der Waals surface area contributed by atoms with Crippen LogP contribution in [0.2, 0.25) is 5.28 Å². The molecule has 1 N–H and O–H groups in total. The minimum atomic E-state index is -0.430. The summed E-state index contributed by atoms with van der Waals surface area (Å²) in [5, 5.41) is 3.12. The Labute approximate surface area is 167 Å². The van der Waals surface area contributed by atoms with Crippen LogP contribution in [-0.2, 0) is 13.1 Å². The predicted molar refractivity (Wildman–Crippen MR) is 103 cm³/mol. The molecule has 0 bridgehead atoms. The maximum atomic E-state index is 13.9. The third-order valence-electron chi connectivity index (χ3n) is 6.25. The number of nitrogens with zero attached hydrogens (tertiary/aromatic N) is 4. The van der Waals surface area contributed by atoms with E-state index in [-0.39, 0.29) is 11.3 Å². The zero-order valence-electron chi connectivity index (χ0n) is 15.3. The number of anilines is 1. The highest BCUT2D eigenvalue weighted by Gasteiger charge is 2.55. The number of aromatic nitrogens is 2. The molecule has 2 aliphatic heterocycles. The first-order valence-electron chi connectivity index (χ1n) is 9.62. The van der Waals surface area contributed by atoms with Crippen LogP contribution in [0, 0.1) is 23.6 Å². The van der Waals surface area contributed by atoms with Crippen LogP contribution >= 0.6 is 11.6 Å². The van der Waals surface area contributed by atoms with Crippen molar-refractivity contribution in [3.63, 3.8) is 0 Å². The average Bonchev–Trinajstić information content (AvgIpc) is 3.05. The lowest BCUT2D eigenvalue weighted by Crippen LogP contribution is -2.37. The molecule has 3 heterocycles. The van der Waals surface area contributed by atoms with Crippen molar-refractivity contribution in [3.05, 3.63) is 52.7 Å². The topological polar surface area (TPSA) is 61.4 Å². The number of halogens is 2. The molecule has 1 aromatic heterocycles. The van der Waals surface area contributed by atoms with Crippen LogP contribution in [0.1, 0.15) is 17.5 Å². The molecule has 146 valence electrons. The lowest BCUT2D eigenvalue weighted by atomic mass is 10.1.